The van der Waals surface area contributed by atoms with Gasteiger partial charge in [-0.2, -0.15) is 5.26 Å². The van der Waals surface area contributed by atoms with Crippen LogP contribution < -0.4 is 0 Å². The molecule has 86 valence electrons. The summed E-state index contributed by atoms with van der Waals surface area (Å²) in [6.45, 7) is 4.98. The zero-order valence-corrected chi connectivity index (χ0v) is 10.8. The second-order valence-electron chi connectivity index (χ2n) is 3.49. The first kappa shape index (κ1) is 14.3. The molecular weight excluding hydrogens is 208 g/mol. The summed E-state index contributed by atoms with van der Waals surface area (Å²) in [7, 11) is 4.09. The highest BCUT2D eigenvalue weighted by atomic mass is 32.2. The van der Waals surface area contributed by atoms with Gasteiger partial charge in [-0.1, -0.05) is 18.7 Å². The quantitative estimate of drug-likeness (QED) is 0.406. The van der Waals surface area contributed by atoms with Crippen molar-refractivity contribution in [3.05, 3.63) is 0 Å². The van der Waals surface area contributed by atoms with Crippen LogP contribution in [0, 0.1) is 11.5 Å². The normalized spacial score (nSPS) is 11.6. The third-order valence-electron chi connectivity index (χ3n) is 1.91. The van der Waals surface area contributed by atoms with Gasteiger partial charge in [-0.3, -0.25) is 0 Å². The van der Waals surface area contributed by atoms with Gasteiger partial charge in [-0.25, -0.2) is 0 Å². The van der Waals surface area contributed by atoms with Crippen LogP contribution >= 0.6 is 11.8 Å². The van der Waals surface area contributed by atoms with Crippen molar-refractivity contribution >= 4 is 16.9 Å². The zero-order valence-electron chi connectivity index (χ0n) is 10.0. The molecule has 0 aliphatic carbocycles. The Morgan fingerprint density at radius 2 is 2.00 bits per heavy atom. The molecule has 0 bridgehead atoms. The minimum atomic E-state index is 0.821. The highest BCUT2D eigenvalue weighted by molar-refractivity contribution is 8.13. The van der Waals surface area contributed by atoms with Crippen molar-refractivity contribution in [1.29, 1.82) is 5.26 Å². The fraction of sp³-hybridized carbons (Fsp3) is 0.800. The van der Waals surface area contributed by atoms with Gasteiger partial charge >= 0.3 is 0 Å². The molecule has 0 rings (SSSR count). The second kappa shape index (κ2) is 8.57. The van der Waals surface area contributed by atoms with Gasteiger partial charge in [0, 0.05) is 19.6 Å². The largest absolute Gasteiger partial charge is 0.349 e. The molecule has 4 nitrogen and oxygen atoms in total. The predicted molar refractivity (Wildman–Crippen MR) is 67.0 cm³/mol. The van der Waals surface area contributed by atoms with Crippen LogP contribution in [-0.4, -0.2) is 55.0 Å². The van der Waals surface area contributed by atoms with E-state index >= 15 is 0 Å². The summed E-state index contributed by atoms with van der Waals surface area (Å²) in [4.78, 5) is 8.12. The first-order chi connectivity index (χ1) is 7.15. The lowest BCUT2D eigenvalue weighted by Crippen LogP contribution is -2.35. The number of thioether (sulfide) groups is 1. The molecule has 0 atom stereocenters. The second-order valence-corrected chi connectivity index (χ2v) is 4.26. The van der Waals surface area contributed by atoms with Gasteiger partial charge in [0.15, 0.2) is 5.17 Å². The Balaban J connectivity index is 4.35. The summed E-state index contributed by atoms with van der Waals surface area (Å²) in [5.41, 5.74) is 0. The lowest BCUT2D eigenvalue weighted by Gasteiger charge is -2.25. The Hall–Kier alpha value is -0.730. The van der Waals surface area contributed by atoms with E-state index < -0.39 is 0 Å². The Labute approximate surface area is 97.0 Å². The number of rotatable bonds is 5. The van der Waals surface area contributed by atoms with Crippen LogP contribution in [0.2, 0.25) is 0 Å². The van der Waals surface area contributed by atoms with Gasteiger partial charge in [0.2, 0.25) is 6.19 Å². The topological polar surface area (TPSA) is 42.6 Å². The maximum absolute atomic E-state index is 8.57. The van der Waals surface area contributed by atoms with Crippen molar-refractivity contribution in [2.24, 2.45) is 4.99 Å². The van der Waals surface area contributed by atoms with Crippen LogP contribution in [0.25, 0.3) is 0 Å². The number of likely N-dealkylation sites (N-methyl/N-ethyl adjacent to an activating group) is 1. The van der Waals surface area contributed by atoms with Gasteiger partial charge in [0.05, 0.1) is 0 Å². The van der Waals surface area contributed by atoms with Crippen LogP contribution in [0.15, 0.2) is 4.99 Å². The summed E-state index contributed by atoms with van der Waals surface area (Å²) in [5.74, 6) is 0. The van der Waals surface area contributed by atoms with Crippen LogP contribution in [-0.2, 0) is 0 Å². The first-order valence-electron chi connectivity index (χ1n) is 5.06. The van der Waals surface area contributed by atoms with Gasteiger partial charge in [0.25, 0.3) is 0 Å². The minimum Gasteiger partial charge on any atom is -0.349 e. The maximum Gasteiger partial charge on any atom is 0.208 e. The van der Waals surface area contributed by atoms with E-state index in [9.17, 15) is 0 Å². The molecule has 0 N–H and O–H groups in total. The van der Waals surface area contributed by atoms with E-state index in [1.165, 1.54) is 11.8 Å². The molecule has 0 aliphatic heterocycles. The summed E-state index contributed by atoms with van der Waals surface area (Å²) < 4.78 is 0. The summed E-state index contributed by atoms with van der Waals surface area (Å²) in [6, 6.07) is 0. The van der Waals surface area contributed by atoms with Crippen LogP contribution in [0.4, 0.5) is 0 Å². The molecule has 0 aromatic heterocycles. The van der Waals surface area contributed by atoms with Crippen molar-refractivity contribution in [3.8, 4) is 6.19 Å². The third kappa shape index (κ3) is 6.37. The molecule has 0 amide bonds. The molecule has 0 aromatic carbocycles. The van der Waals surface area contributed by atoms with Gasteiger partial charge in [-0.05, 0) is 26.8 Å². The molecule has 0 spiro atoms. The molecule has 0 saturated heterocycles. The lowest BCUT2D eigenvalue weighted by molar-refractivity contribution is 0.332. The van der Waals surface area contributed by atoms with E-state index in [0.29, 0.717) is 0 Å². The predicted octanol–water partition coefficient (Wildman–Crippen LogP) is 1.46. The Kier molecular flexibility index (Phi) is 8.15. The van der Waals surface area contributed by atoms with E-state index in [4.69, 9.17) is 5.26 Å². The fourth-order valence-corrected chi connectivity index (χ4v) is 1.75. The maximum atomic E-state index is 8.57. The van der Waals surface area contributed by atoms with Crippen molar-refractivity contribution in [1.82, 2.24) is 9.80 Å². The number of nitrogens with zero attached hydrogens (tertiary/aromatic N) is 4. The average Bonchev–Trinajstić information content (AvgIpc) is 2.21. The van der Waals surface area contributed by atoms with Crippen molar-refractivity contribution in [3.63, 3.8) is 0 Å². The number of hydrogen-bond acceptors (Lipinski definition) is 4. The number of nitriles is 1. The summed E-state index contributed by atoms with van der Waals surface area (Å²) in [6.07, 6.45) is 4.88. The highest BCUT2D eigenvalue weighted by Gasteiger charge is 2.09. The molecule has 0 heterocycles. The van der Waals surface area contributed by atoms with Crippen molar-refractivity contribution < 1.29 is 0 Å². The van der Waals surface area contributed by atoms with Crippen LogP contribution in [0.5, 0.6) is 0 Å². The Morgan fingerprint density at radius 1 is 1.33 bits per heavy atom. The molecule has 15 heavy (non-hydrogen) atoms. The molecule has 0 saturated carbocycles. The molecular formula is C10H20N4S. The van der Waals surface area contributed by atoms with Gasteiger partial charge in [0.1, 0.15) is 0 Å². The lowest BCUT2D eigenvalue weighted by atomic mass is 10.4. The first-order valence-corrected chi connectivity index (χ1v) is 6.28. The third-order valence-corrected chi connectivity index (χ3v) is 2.62. The van der Waals surface area contributed by atoms with Crippen molar-refractivity contribution in [2.45, 2.75) is 13.3 Å². The molecule has 0 unspecified atom stereocenters. The van der Waals surface area contributed by atoms with E-state index in [2.05, 4.69) is 21.7 Å². The van der Waals surface area contributed by atoms with Crippen LogP contribution in [0.3, 0.4) is 0 Å². The van der Waals surface area contributed by atoms with Crippen LogP contribution in [0.1, 0.15) is 13.3 Å². The smallest absolute Gasteiger partial charge is 0.208 e. The molecule has 5 heteroatoms. The van der Waals surface area contributed by atoms with E-state index in [1.54, 1.807) is 0 Å². The van der Waals surface area contributed by atoms with Crippen molar-refractivity contribution in [2.75, 3.05) is 40.0 Å². The number of hydrogen-bond donors (Lipinski definition) is 0. The Morgan fingerprint density at radius 3 is 2.40 bits per heavy atom. The summed E-state index contributed by atoms with van der Waals surface area (Å²) >= 11 is 1.53. The van der Waals surface area contributed by atoms with E-state index in [1.807, 2.05) is 26.5 Å². The SMILES string of the molecule is CCCN(CCN(C)C)C(=NC#N)SC. The average molecular weight is 228 g/mol. The van der Waals surface area contributed by atoms with E-state index in [-0.39, 0.29) is 0 Å². The Bertz CT molecular complexity index is 232. The number of amidine groups is 1. The zero-order chi connectivity index (χ0) is 11.7. The molecule has 0 radical (unpaired) electrons. The summed E-state index contributed by atoms with van der Waals surface area (Å²) in [5, 5.41) is 9.39. The monoisotopic (exact) mass is 228 g/mol. The van der Waals surface area contributed by atoms with Gasteiger partial charge < -0.3 is 9.80 Å². The van der Waals surface area contributed by atoms with E-state index in [0.717, 1.165) is 31.2 Å². The fourth-order valence-electron chi connectivity index (χ4n) is 1.18. The molecule has 0 aromatic rings. The minimum absolute atomic E-state index is 0.821. The number of aliphatic imine (C=N–C) groups is 1. The van der Waals surface area contributed by atoms with Gasteiger partial charge in [-0.15, -0.1) is 4.99 Å². The molecule has 0 aliphatic rings. The standard InChI is InChI=1S/C10H20N4S/c1-5-6-14(8-7-13(2)3)10(15-4)12-9-11/h5-8H2,1-4H3. The highest BCUT2D eigenvalue weighted by Crippen LogP contribution is 2.06. The molecule has 0 fully saturated rings.